The van der Waals surface area contributed by atoms with Gasteiger partial charge in [0.25, 0.3) is 0 Å². The molecule has 1 aromatic heterocycles. The second-order valence-electron chi connectivity index (χ2n) is 4.80. The highest BCUT2D eigenvalue weighted by Gasteiger charge is 2.33. The van der Waals surface area contributed by atoms with E-state index in [1.54, 1.807) is 6.92 Å². The van der Waals surface area contributed by atoms with Gasteiger partial charge in [-0.3, -0.25) is 4.79 Å². The quantitative estimate of drug-likeness (QED) is 0.812. The third-order valence-corrected chi connectivity index (χ3v) is 4.64. The van der Waals surface area contributed by atoms with Gasteiger partial charge in [-0.2, -0.15) is 0 Å². The Labute approximate surface area is 124 Å². The number of aromatic nitrogens is 1. The summed E-state index contributed by atoms with van der Waals surface area (Å²) in [6.45, 7) is 2.10. The van der Waals surface area contributed by atoms with E-state index in [0.29, 0.717) is 23.6 Å². The fourth-order valence-corrected chi connectivity index (χ4v) is 3.59. The maximum absolute atomic E-state index is 13.3. The van der Waals surface area contributed by atoms with Gasteiger partial charge in [0.05, 0.1) is 12.3 Å². The second-order valence-corrected chi connectivity index (χ2v) is 5.88. The summed E-state index contributed by atoms with van der Waals surface area (Å²) in [4.78, 5) is 17.4. The average molecular weight is 309 g/mol. The van der Waals surface area contributed by atoms with Gasteiger partial charge in [0.1, 0.15) is 10.9 Å². The number of benzene rings is 1. The monoisotopic (exact) mass is 309 g/mol. The number of carbonyl (C=O) groups is 1. The Hall–Kier alpha value is -1.82. The van der Waals surface area contributed by atoms with Gasteiger partial charge in [-0.25, -0.2) is 13.8 Å². The first-order chi connectivity index (χ1) is 10.1. The molecule has 0 radical (unpaired) electrons. The highest BCUT2D eigenvalue weighted by Crippen LogP contribution is 2.40. The molecule has 0 aliphatic heterocycles. The summed E-state index contributed by atoms with van der Waals surface area (Å²) in [5.74, 6) is -2.38. The van der Waals surface area contributed by atoms with Crippen LogP contribution in [0.4, 0.5) is 8.78 Å². The van der Waals surface area contributed by atoms with E-state index in [2.05, 4.69) is 4.98 Å². The number of halogens is 2. The lowest BCUT2D eigenvalue weighted by Gasteiger charge is -2.07. The van der Waals surface area contributed by atoms with Gasteiger partial charge in [-0.1, -0.05) is 0 Å². The van der Waals surface area contributed by atoms with Gasteiger partial charge in [-0.05, 0) is 38.0 Å². The maximum Gasteiger partial charge on any atom is 0.315 e. The summed E-state index contributed by atoms with van der Waals surface area (Å²) in [5, 5.41) is 0.605. The lowest BCUT2D eigenvalue weighted by molar-refractivity contribution is -0.145. The fourth-order valence-electron chi connectivity index (χ4n) is 2.45. The number of thiazole rings is 1. The van der Waals surface area contributed by atoms with E-state index >= 15 is 0 Å². The van der Waals surface area contributed by atoms with Crippen molar-refractivity contribution in [1.82, 2.24) is 4.98 Å². The zero-order valence-electron chi connectivity index (χ0n) is 11.4. The zero-order valence-corrected chi connectivity index (χ0v) is 12.2. The van der Waals surface area contributed by atoms with Crippen molar-refractivity contribution >= 4 is 17.3 Å². The molecule has 0 fully saturated rings. The molecule has 2 aromatic rings. The number of aryl methyl sites for hydroxylation is 1. The lowest BCUT2D eigenvalue weighted by Crippen LogP contribution is -2.14. The number of fused-ring (bicyclic) bond motifs is 1. The van der Waals surface area contributed by atoms with Crippen LogP contribution in [0, 0.1) is 11.6 Å². The van der Waals surface area contributed by atoms with Crippen molar-refractivity contribution in [2.75, 3.05) is 6.61 Å². The van der Waals surface area contributed by atoms with Crippen LogP contribution < -0.4 is 0 Å². The van der Waals surface area contributed by atoms with Gasteiger partial charge < -0.3 is 4.74 Å². The van der Waals surface area contributed by atoms with Crippen molar-refractivity contribution < 1.29 is 18.3 Å². The Morgan fingerprint density at radius 1 is 1.43 bits per heavy atom. The molecular formula is C15H13F2NO2S. The molecule has 3 nitrogen and oxygen atoms in total. The van der Waals surface area contributed by atoms with Crippen LogP contribution in [0.3, 0.4) is 0 Å². The number of esters is 1. The van der Waals surface area contributed by atoms with Crippen LogP contribution in [-0.2, 0) is 16.0 Å². The Balaban J connectivity index is 1.92. The Morgan fingerprint density at radius 2 is 2.24 bits per heavy atom. The van der Waals surface area contributed by atoms with Crippen LogP contribution in [0.2, 0.25) is 0 Å². The van der Waals surface area contributed by atoms with Crippen molar-refractivity contribution in [2.45, 2.75) is 25.7 Å². The Kier molecular flexibility index (Phi) is 3.71. The molecule has 0 N–H and O–H groups in total. The minimum Gasteiger partial charge on any atom is -0.465 e. The SMILES string of the molecule is CCOC(=O)C1CCc2sc(-c3ccc(F)c(F)c3)nc21. The normalized spacial score (nSPS) is 16.8. The fraction of sp³-hybridized carbons (Fsp3) is 0.333. The molecule has 0 saturated heterocycles. The molecule has 0 saturated carbocycles. The number of carbonyl (C=O) groups excluding carboxylic acids is 1. The first-order valence-electron chi connectivity index (χ1n) is 6.71. The van der Waals surface area contributed by atoms with Crippen LogP contribution in [0.5, 0.6) is 0 Å². The average Bonchev–Trinajstić information content (AvgIpc) is 3.01. The molecule has 21 heavy (non-hydrogen) atoms. The molecule has 110 valence electrons. The number of hydrogen-bond acceptors (Lipinski definition) is 4. The minimum atomic E-state index is -0.898. The van der Waals surface area contributed by atoms with Crippen LogP contribution in [0.25, 0.3) is 10.6 Å². The van der Waals surface area contributed by atoms with Gasteiger partial charge in [0.15, 0.2) is 11.6 Å². The predicted molar refractivity (Wildman–Crippen MR) is 75.2 cm³/mol. The van der Waals surface area contributed by atoms with Gasteiger partial charge in [-0.15, -0.1) is 11.3 Å². The van der Waals surface area contributed by atoms with E-state index in [1.807, 2.05) is 0 Å². The first kappa shape index (κ1) is 14.1. The van der Waals surface area contributed by atoms with Crippen LogP contribution in [0.15, 0.2) is 18.2 Å². The summed E-state index contributed by atoms with van der Waals surface area (Å²) in [7, 11) is 0. The number of rotatable bonds is 3. The van der Waals surface area contributed by atoms with Gasteiger partial charge in [0, 0.05) is 10.4 Å². The van der Waals surface area contributed by atoms with Crippen LogP contribution >= 0.6 is 11.3 Å². The Bertz CT molecular complexity index is 699. The van der Waals surface area contributed by atoms with E-state index in [0.717, 1.165) is 29.1 Å². The molecule has 0 bridgehead atoms. The highest BCUT2D eigenvalue weighted by atomic mass is 32.1. The molecule has 3 rings (SSSR count). The predicted octanol–water partition coefficient (Wildman–Crippen LogP) is 3.68. The van der Waals surface area contributed by atoms with Crippen molar-refractivity contribution in [3.63, 3.8) is 0 Å². The summed E-state index contributed by atoms with van der Waals surface area (Å²) < 4.78 is 31.3. The molecule has 1 unspecified atom stereocenters. The second kappa shape index (κ2) is 5.52. The van der Waals surface area contributed by atoms with Crippen LogP contribution in [-0.4, -0.2) is 17.6 Å². The molecule has 0 amide bonds. The molecule has 1 aliphatic rings. The standard InChI is InChI=1S/C15H13F2NO2S/c1-2-20-15(19)9-4-6-12-13(9)18-14(21-12)8-3-5-10(16)11(17)7-8/h3,5,7,9H,2,4,6H2,1H3. The lowest BCUT2D eigenvalue weighted by atomic mass is 10.1. The molecule has 1 atom stereocenters. The number of nitrogens with zero attached hydrogens (tertiary/aromatic N) is 1. The van der Waals surface area contributed by atoms with E-state index in [-0.39, 0.29) is 11.9 Å². The molecule has 1 heterocycles. The molecule has 0 spiro atoms. The first-order valence-corrected chi connectivity index (χ1v) is 7.53. The smallest absolute Gasteiger partial charge is 0.315 e. The van der Waals surface area contributed by atoms with E-state index in [1.165, 1.54) is 17.4 Å². The molecule has 1 aromatic carbocycles. The van der Waals surface area contributed by atoms with Gasteiger partial charge in [0.2, 0.25) is 0 Å². The van der Waals surface area contributed by atoms with E-state index in [9.17, 15) is 13.6 Å². The summed E-state index contributed by atoms with van der Waals surface area (Å²) >= 11 is 1.42. The van der Waals surface area contributed by atoms with Crippen molar-refractivity contribution in [2.24, 2.45) is 0 Å². The zero-order chi connectivity index (χ0) is 15.0. The molecule has 1 aliphatic carbocycles. The van der Waals surface area contributed by atoms with Crippen molar-refractivity contribution in [3.8, 4) is 10.6 Å². The molecular weight excluding hydrogens is 296 g/mol. The third-order valence-electron chi connectivity index (χ3n) is 3.46. The number of ether oxygens (including phenoxy) is 1. The topological polar surface area (TPSA) is 39.2 Å². The number of hydrogen-bond donors (Lipinski definition) is 0. The van der Waals surface area contributed by atoms with Crippen molar-refractivity contribution in [3.05, 3.63) is 40.4 Å². The molecule has 6 heteroatoms. The maximum atomic E-state index is 13.3. The third kappa shape index (κ3) is 2.55. The summed E-state index contributed by atoms with van der Waals surface area (Å²) in [6, 6.07) is 3.70. The highest BCUT2D eigenvalue weighted by molar-refractivity contribution is 7.15. The van der Waals surface area contributed by atoms with Crippen LogP contribution in [0.1, 0.15) is 29.8 Å². The Morgan fingerprint density at radius 3 is 2.95 bits per heavy atom. The van der Waals surface area contributed by atoms with Gasteiger partial charge >= 0.3 is 5.97 Å². The van der Waals surface area contributed by atoms with E-state index < -0.39 is 11.6 Å². The summed E-state index contributed by atoms with van der Waals surface area (Å²) in [5.41, 5.74) is 1.24. The minimum absolute atomic E-state index is 0.265. The largest absolute Gasteiger partial charge is 0.465 e. The summed E-state index contributed by atoms with van der Waals surface area (Å²) in [6.07, 6.45) is 1.46. The van der Waals surface area contributed by atoms with Crippen molar-refractivity contribution in [1.29, 1.82) is 0 Å². The van der Waals surface area contributed by atoms with E-state index in [4.69, 9.17) is 4.74 Å².